The van der Waals surface area contributed by atoms with Crippen LogP contribution in [0.1, 0.15) is 5.56 Å². The highest BCUT2D eigenvalue weighted by Gasteiger charge is 2.08. The first-order chi connectivity index (χ1) is 7.06. The molecule has 82 valence electrons. The van der Waals surface area contributed by atoms with E-state index in [1.807, 2.05) is 0 Å². The molecule has 2 nitrogen and oxygen atoms in total. The predicted octanol–water partition coefficient (Wildman–Crippen LogP) is 2.00. The summed E-state index contributed by atoms with van der Waals surface area (Å²) in [5.74, 6) is -1.69. The van der Waals surface area contributed by atoms with Crippen LogP contribution in [-0.4, -0.2) is 20.6 Å². The van der Waals surface area contributed by atoms with E-state index >= 15 is 0 Å². The molecular formula is C11H14F2N2. The van der Waals surface area contributed by atoms with Crippen molar-refractivity contribution in [3.8, 4) is 0 Å². The van der Waals surface area contributed by atoms with E-state index < -0.39 is 11.6 Å². The zero-order chi connectivity index (χ0) is 11.4. The summed E-state index contributed by atoms with van der Waals surface area (Å²) in [7, 11) is 3.54. The molecule has 0 bridgehead atoms. The van der Waals surface area contributed by atoms with Crippen LogP contribution in [0.2, 0.25) is 0 Å². The molecule has 1 aromatic rings. The molecule has 0 unspecified atom stereocenters. The van der Waals surface area contributed by atoms with E-state index in [9.17, 15) is 8.78 Å². The highest BCUT2D eigenvalue weighted by molar-refractivity contribution is 5.67. The third-order valence-corrected chi connectivity index (χ3v) is 1.98. The SMILES string of the molecule is CN(C)c1cc(F)c(F)cc1/C=C/CN. The summed E-state index contributed by atoms with van der Waals surface area (Å²) < 4.78 is 26.0. The van der Waals surface area contributed by atoms with Crippen molar-refractivity contribution in [3.05, 3.63) is 35.4 Å². The Hall–Kier alpha value is -1.42. The summed E-state index contributed by atoms with van der Waals surface area (Å²) in [5, 5.41) is 0. The van der Waals surface area contributed by atoms with Crippen LogP contribution < -0.4 is 10.6 Å². The van der Waals surface area contributed by atoms with Crippen molar-refractivity contribution in [1.82, 2.24) is 0 Å². The highest BCUT2D eigenvalue weighted by atomic mass is 19.2. The third-order valence-electron chi connectivity index (χ3n) is 1.98. The second-order valence-corrected chi connectivity index (χ2v) is 3.36. The largest absolute Gasteiger partial charge is 0.377 e. The van der Waals surface area contributed by atoms with Gasteiger partial charge < -0.3 is 10.6 Å². The van der Waals surface area contributed by atoms with Gasteiger partial charge in [-0.2, -0.15) is 0 Å². The molecule has 4 heteroatoms. The first kappa shape index (κ1) is 11.7. The summed E-state index contributed by atoms with van der Waals surface area (Å²) in [5.41, 5.74) is 6.54. The Balaban J connectivity index is 3.22. The van der Waals surface area contributed by atoms with Crippen molar-refractivity contribution in [1.29, 1.82) is 0 Å². The summed E-state index contributed by atoms with van der Waals surface area (Å²) in [6, 6.07) is 2.34. The van der Waals surface area contributed by atoms with Crippen LogP contribution in [0.4, 0.5) is 14.5 Å². The fourth-order valence-electron chi connectivity index (χ4n) is 1.27. The van der Waals surface area contributed by atoms with Crippen LogP contribution in [0.15, 0.2) is 18.2 Å². The minimum Gasteiger partial charge on any atom is -0.377 e. The monoisotopic (exact) mass is 212 g/mol. The van der Waals surface area contributed by atoms with Gasteiger partial charge >= 0.3 is 0 Å². The molecule has 0 atom stereocenters. The van der Waals surface area contributed by atoms with Crippen molar-refractivity contribution in [3.63, 3.8) is 0 Å². The second kappa shape index (κ2) is 4.89. The molecule has 2 N–H and O–H groups in total. The van der Waals surface area contributed by atoms with Crippen molar-refractivity contribution in [2.75, 3.05) is 25.5 Å². The lowest BCUT2D eigenvalue weighted by atomic mass is 10.1. The molecular weight excluding hydrogens is 198 g/mol. The fourth-order valence-corrected chi connectivity index (χ4v) is 1.27. The number of nitrogens with zero attached hydrogens (tertiary/aromatic N) is 1. The van der Waals surface area contributed by atoms with Gasteiger partial charge in [-0.3, -0.25) is 0 Å². The quantitative estimate of drug-likeness (QED) is 0.830. The van der Waals surface area contributed by atoms with Crippen LogP contribution in [0.25, 0.3) is 6.08 Å². The number of nitrogens with two attached hydrogens (primary N) is 1. The van der Waals surface area contributed by atoms with Crippen LogP contribution in [0.3, 0.4) is 0 Å². The summed E-state index contributed by atoms with van der Waals surface area (Å²) in [4.78, 5) is 1.72. The number of hydrogen-bond donors (Lipinski definition) is 1. The molecule has 15 heavy (non-hydrogen) atoms. The second-order valence-electron chi connectivity index (χ2n) is 3.36. The summed E-state index contributed by atoms with van der Waals surface area (Å²) in [6.07, 6.45) is 3.37. The van der Waals surface area contributed by atoms with Gasteiger partial charge in [-0.15, -0.1) is 0 Å². The number of anilines is 1. The molecule has 0 aliphatic heterocycles. The molecule has 0 spiro atoms. The Kier molecular flexibility index (Phi) is 3.80. The lowest BCUT2D eigenvalue weighted by Gasteiger charge is -2.16. The first-order valence-corrected chi connectivity index (χ1v) is 4.59. The molecule has 0 aliphatic carbocycles. The van der Waals surface area contributed by atoms with E-state index in [2.05, 4.69) is 0 Å². The zero-order valence-corrected chi connectivity index (χ0v) is 8.80. The molecule has 0 radical (unpaired) electrons. The van der Waals surface area contributed by atoms with Gasteiger partial charge in [0.1, 0.15) is 0 Å². The Morgan fingerprint density at radius 1 is 1.27 bits per heavy atom. The summed E-state index contributed by atoms with van der Waals surface area (Å²) >= 11 is 0. The number of hydrogen-bond acceptors (Lipinski definition) is 2. The van der Waals surface area contributed by atoms with Crippen molar-refractivity contribution in [2.45, 2.75) is 0 Å². The van der Waals surface area contributed by atoms with Crippen molar-refractivity contribution >= 4 is 11.8 Å². The highest BCUT2D eigenvalue weighted by Crippen LogP contribution is 2.23. The maximum atomic E-state index is 13.0. The average molecular weight is 212 g/mol. The fraction of sp³-hybridized carbons (Fsp3) is 0.273. The lowest BCUT2D eigenvalue weighted by Crippen LogP contribution is -2.11. The zero-order valence-electron chi connectivity index (χ0n) is 8.80. The minimum atomic E-state index is -0.850. The van der Waals surface area contributed by atoms with Crippen LogP contribution >= 0.6 is 0 Å². The molecule has 0 heterocycles. The molecule has 1 rings (SSSR count). The molecule has 0 aliphatic rings. The maximum absolute atomic E-state index is 13.0. The van der Waals surface area contributed by atoms with Gasteiger partial charge in [-0.1, -0.05) is 12.2 Å². The minimum absolute atomic E-state index is 0.367. The van der Waals surface area contributed by atoms with E-state index in [1.165, 1.54) is 6.07 Å². The van der Waals surface area contributed by atoms with E-state index in [-0.39, 0.29) is 0 Å². The molecule has 0 amide bonds. The maximum Gasteiger partial charge on any atom is 0.160 e. The van der Waals surface area contributed by atoms with Crippen LogP contribution in [0.5, 0.6) is 0 Å². The number of halogens is 2. The van der Waals surface area contributed by atoms with Crippen molar-refractivity contribution in [2.24, 2.45) is 5.73 Å². The normalized spacial score (nSPS) is 11.0. The third kappa shape index (κ3) is 2.76. The molecule has 1 aromatic carbocycles. The molecule has 0 saturated carbocycles. The van der Waals surface area contributed by atoms with Gasteiger partial charge in [-0.05, 0) is 6.07 Å². The van der Waals surface area contributed by atoms with Crippen LogP contribution in [0, 0.1) is 11.6 Å². The van der Waals surface area contributed by atoms with Gasteiger partial charge in [0, 0.05) is 38.0 Å². The van der Waals surface area contributed by atoms with Gasteiger partial charge in [0.15, 0.2) is 11.6 Å². The Labute approximate surface area is 88.0 Å². The van der Waals surface area contributed by atoms with Gasteiger partial charge in [0.2, 0.25) is 0 Å². The Morgan fingerprint density at radius 3 is 2.40 bits per heavy atom. The molecule has 0 aromatic heterocycles. The van der Waals surface area contributed by atoms with E-state index in [0.29, 0.717) is 17.8 Å². The molecule has 0 fully saturated rings. The Morgan fingerprint density at radius 2 is 1.87 bits per heavy atom. The first-order valence-electron chi connectivity index (χ1n) is 4.59. The topological polar surface area (TPSA) is 29.3 Å². The lowest BCUT2D eigenvalue weighted by molar-refractivity contribution is 0.508. The number of benzene rings is 1. The summed E-state index contributed by atoms with van der Waals surface area (Å²) in [6.45, 7) is 0.367. The van der Waals surface area contributed by atoms with Gasteiger partial charge in [0.05, 0.1) is 0 Å². The van der Waals surface area contributed by atoms with E-state index in [0.717, 1.165) is 6.07 Å². The van der Waals surface area contributed by atoms with Crippen molar-refractivity contribution < 1.29 is 8.78 Å². The smallest absolute Gasteiger partial charge is 0.160 e. The number of rotatable bonds is 3. The van der Waals surface area contributed by atoms with Gasteiger partial charge in [-0.25, -0.2) is 8.78 Å². The Bertz CT molecular complexity index is 373. The van der Waals surface area contributed by atoms with Gasteiger partial charge in [0.25, 0.3) is 0 Å². The molecule has 0 saturated heterocycles. The van der Waals surface area contributed by atoms with Crippen LogP contribution in [-0.2, 0) is 0 Å². The van der Waals surface area contributed by atoms with E-state index in [1.54, 1.807) is 31.1 Å². The standard InChI is InChI=1S/C11H14F2N2/c1-15(2)11-7-10(13)9(12)6-8(11)4-3-5-14/h3-4,6-7H,5,14H2,1-2H3/b4-3+. The van der Waals surface area contributed by atoms with E-state index in [4.69, 9.17) is 5.73 Å². The predicted molar refractivity (Wildman–Crippen MR) is 58.8 cm³/mol. The average Bonchev–Trinajstić information content (AvgIpc) is 2.19.